The van der Waals surface area contributed by atoms with Crippen molar-refractivity contribution < 1.29 is 34.3 Å². The molecule has 0 heterocycles. The molecule has 0 atom stereocenters. The molecule has 1 rings (SSSR count). The minimum Gasteiger partial charge on any atom is -1.00 e. The lowest BCUT2D eigenvalue weighted by molar-refractivity contribution is -0.00100. The molecule has 6 heteroatoms. The summed E-state index contributed by atoms with van der Waals surface area (Å²) < 4.78 is 11.7. The van der Waals surface area contributed by atoms with Crippen molar-refractivity contribution in [3.8, 4) is 11.5 Å². The smallest absolute Gasteiger partial charge is 0.136 e. The Hall–Kier alpha value is 0.1000. The fraction of sp³-hybridized carbons (Fsp3) is 0.625. The van der Waals surface area contributed by atoms with Gasteiger partial charge in [-0.2, -0.15) is 0 Å². The predicted octanol–water partition coefficient (Wildman–Crippen LogP) is -2.75. The third kappa shape index (κ3) is 8.09. The first-order valence-corrected chi connectivity index (χ1v) is 11.4. The average molecular weight is 387 g/mol. The molecule has 0 aliphatic carbocycles. The predicted molar refractivity (Wildman–Crippen MR) is 94.6 cm³/mol. The molecule has 0 saturated heterocycles. The van der Waals surface area contributed by atoms with Crippen molar-refractivity contribution in [2.45, 2.75) is 25.4 Å². The third-order valence-corrected chi connectivity index (χ3v) is 4.51. The van der Waals surface area contributed by atoms with Crippen LogP contribution in [-0.2, 0) is 33.3 Å². The Morgan fingerprint density at radius 3 is 1.27 bits per heavy atom. The maximum absolute atomic E-state index is 5.85. The molecule has 0 fully saturated rings. The van der Waals surface area contributed by atoms with Crippen LogP contribution in [0.2, 0.25) is 0 Å². The third-order valence-electron chi connectivity index (χ3n) is 2.73. The summed E-state index contributed by atoms with van der Waals surface area (Å²) in [5.41, 5.74) is 2.55. The highest BCUT2D eigenvalue weighted by Crippen LogP contribution is 2.31. The summed E-state index contributed by atoms with van der Waals surface area (Å²) in [6.07, 6.45) is 9.05. The van der Waals surface area contributed by atoms with E-state index in [1.807, 2.05) is 13.8 Å². The van der Waals surface area contributed by atoms with Crippen LogP contribution in [0.15, 0.2) is 12.1 Å². The zero-order chi connectivity index (χ0) is 15.1. The van der Waals surface area contributed by atoms with Crippen molar-refractivity contribution in [1.82, 2.24) is 0 Å². The average Bonchev–Trinajstić information content (AvgIpc) is 2.33. The van der Waals surface area contributed by atoms with Gasteiger partial charge in [0.05, 0.1) is 38.2 Å². The van der Waals surface area contributed by atoms with Gasteiger partial charge < -0.3 is 34.3 Å². The van der Waals surface area contributed by atoms with Crippen molar-refractivity contribution in [3.63, 3.8) is 0 Å². The van der Waals surface area contributed by atoms with E-state index in [9.17, 15) is 0 Å². The van der Waals surface area contributed by atoms with Crippen molar-refractivity contribution in [3.05, 3.63) is 23.3 Å². The number of rotatable bonds is 8. The molecule has 0 radical (unpaired) electrons. The lowest BCUT2D eigenvalue weighted by Crippen LogP contribution is -3.00. The molecule has 0 spiro atoms. The van der Waals surface area contributed by atoms with E-state index in [0.29, 0.717) is 35.0 Å². The van der Waals surface area contributed by atoms with Gasteiger partial charge in [0, 0.05) is 11.1 Å². The maximum atomic E-state index is 5.85. The summed E-state index contributed by atoms with van der Waals surface area (Å²) >= 11 is 0. The van der Waals surface area contributed by atoms with E-state index >= 15 is 0 Å². The highest BCUT2D eigenvalue weighted by atomic mass is 35.5. The van der Waals surface area contributed by atoms with Crippen LogP contribution in [0.5, 0.6) is 11.5 Å². The number of hydrogen-bond acceptors (Lipinski definition) is 2. The van der Waals surface area contributed by atoms with Gasteiger partial charge in [0.1, 0.15) is 23.0 Å². The van der Waals surface area contributed by atoms with Gasteiger partial charge in [-0.3, -0.25) is 0 Å². The second-order valence-corrected chi connectivity index (χ2v) is 9.71. The molecule has 0 amide bonds. The first-order chi connectivity index (χ1) is 9.47. The second kappa shape index (κ2) is 12.5. The van der Waals surface area contributed by atoms with Crippen molar-refractivity contribution in [2.24, 2.45) is 0 Å². The quantitative estimate of drug-likeness (QED) is 0.451. The zero-order valence-electron chi connectivity index (χ0n) is 14.4. The van der Waals surface area contributed by atoms with E-state index in [2.05, 4.69) is 37.2 Å². The summed E-state index contributed by atoms with van der Waals surface area (Å²) in [5.74, 6) is 4.19. The van der Waals surface area contributed by atoms with Crippen LogP contribution >= 0.6 is 0 Å². The normalized spacial score (nSPS) is 10.2. The Bertz CT molecular complexity index is 387. The Kier molecular flexibility index (Phi) is 13.9. The lowest BCUT2D eigenvalue weighted by Gasteiger charge is -2.15. The molecular formula is C16H28Cl2O2S2. The molecule has 1 aromatic rings. The molecule has 0 aromatic heterocycles. The monoisotopic (exact) mass is 386 g/mol. The molecule has 2 nitrogen and oxygen atoms in total. The molecule has 22 heavy (non-hydrogen) atoms. The molecule has 0 saturated carbocycles. The van der Waals surface area contributed by atoms with Crippen molar-refractivity contribution in [2.75, 3.05) is 38.2 Å². The molecule has 0 bridgehead atoms. The molecule has 0 aliphatic rings. The molecule has 1 aromatic carbocycles. The molecule has 0 N–H and O–H groups in total. The molecule has 130 valence electrons. The van der Waals surface area contributed by atoms with E-state index in [-0.39, 0.29) is 24.8 Å². The van der Waals surface area contributed by atoms with Crippen LogP contribution in [0.1, 0.15) is 25.0 Å². The van der Waals surface area contributed by atoms with Crippen molar-refractivity contribution >= 4 is 21.8 Å². The number of ether oxygens (including phenoxy) is 2. The van der Waals surface area contributed by atoms with E-state index in [1.165, 1.54) is 11.1 Å². The van der Waals surface area contributed by atoms with Gasteiger partial charge in [-0.1, -0.05) is 0 Å². The van der Waals surface area contributed by atoms with Gasteiger partial charge in [-0.25, -0.2) is 0 Å². The maximum Gasteiger partial charge on any atom is 0.136 e. The van der Waals surface area contributed by atoms with Crippen LogP contribution in [0, 0.1) is 0 Å². The lowest BCUT2D eigenvalue weighted by atomic mass is 10.1. The summed E-state index contributed by atoms with van der Waals surface area (Å²) in [7, 11) is 0.712. The zero-order valence-corrected chi connectivity index (χ0v) is 17.5. The molecule has 0 unspecified atom stereocenters. The largest absolute Gasteiger partial charge is 1.00 e. The van der Waals surface area contributed by atoms with E-state index in [0.717, 1.165) is 23.0 Å². The number of hydrogen-bond donors (Lipinski definition) is 0. The molecular weight excluding hydrogens is 359 g/mol. The summed E-state index contributed by atoms with van der Waals surface area (Å²) in [6.45, 7) is 5.51. The number of benzene rings is 1. The Morgan fingerprint density at radius 1 is 0.727 bits per heavy atom. The van der Waals surface area contributed by atoms with Crippen LogP contribution in [0.4, 0.5) is 0 Å². The van der Waals surface area contributed by atoms with E-state index in [4.69, 9.17) is 9.47 Å². The summed E-state index contributed by atoms with van der Waals surface area (Å²) in [6, 6.07) is 4.40. The van der Waals surface area contributed by atoms with Crippen LogP contribution in [0.25, 0.3) is 0 Å². The minimum absolute atomic E-state index is 0. The first kappa shape index (κ1) is 24.4. The summed E-state index contributed by atoms with van der Waals surface area (Å²) in [4.78, 5) is 0. The fourth-order valence-electron chi connectivity index (χ4n) is 2.07. The highest BCUT2D eigenvalue weighted by molar-refractivity contribution is 7.95. The first-order valence-electron chi connectivity index (χ1n) is 6.97. The number of halogens is 2. The van der Waals surface area contributed by atoms with Gasteiger partial charge in [0.25, 0.3) is 0 Å². The topological polar surface area (TPSA) is 18.5 Å². The highest BCUT2D eigenvalue weighted by Gasteiger charge is 2.19. The van der Waals surface area contributed by atoms with E-state index in [1.54, 1.807) is 0 Å². The minimum atomic E-state index is 0. The van der Waals surface area contributed by atoms with Crippen molar-refractivity contribution in [1.29, 1.82) is 0 Å². The fourth-order valence-corrected chi connectivity index (χ4v) is 3.77. The SMILES string of the molecule is CCOc1cc(C[S+](C)C)c(OCC)cc1C[S+](C)C.[Cl-].[Cl-]. The van der Waals surface area contributed by atoms with Gasteiger partial charge in [0.15, 0.2) is 0 Å². The Morgan fingerprint density at radius 2 is 1.05 bits per heavy atom. The standard InChI is InChI=1S/C16H28O2S2.2ClH/c1-7-17-15-9-14(12-20(5)6)16(18-8-2)10-13(15)11-19(3)4;;/h9-10H,7-8,11-12H2,1-6H3;2*1H/q+2;;/p-2. The van der Waals surface area contributed by atoms with Crippen LogP contribution in [-0.4, -0.2) is 38.2 Å². The van der Waals surface area contributed by atoms with Gasteiger partial charge in [-0.05, 0) is 47.8 Å². The Labute approximate surface area is 154 Å². The summed E-state index contributed by atoms with van der Waals surface area (Å²) in [5, 5.41) is 0. The van der Waals surface area contributed by atoms with Crippen LogP contribution in [0.3, 0.4) is 0 Å². The second-order valence-electron chi connectivity index (χ2n) is 5.19. The molecule has 0 aliphatic heterocycles. The van der Waals surface area contributed by atoms with Gasteiger partial charge in [-0.15, -0.1) is 0 Å². The van der Waals surface area contributed by atoms with Gasteiger partial charge in [0.2, 0.25) is 0 Å². The van der Waals surface area contributed by atoms with Crippen LogP contribution < -0.4 is 34.3 Å². The Balaban J connectivity index is 0. The van der Waals surface area contributed by atoms with Gasteiger partial charge >= 0.3 is 0 Å². The van der Waals surface area contributed by atoms with E-state index < -0.39 is 0 Å².